The number of hydrogen-bond donors (Lipinski definition) is 1. The van der Waals surface area contributed by atoms with Crippen molar-refractivity contribution >= 4 is 21.4 Å². The molecule has 0 bridgehead atoms. The van der Waals surface area contributed by atoms with Gasteiger partial charge in [0.25, 0.3) is 0 Å². The van der Waals surface area contributed by atoms with Crippen LogP contribution < -0.4 is 5.32 Å². The molecule has 0 amide bonds. The number of nitrogens with one attached hydrogen (secondary N) is 1. The Balaban J connectivity index is 1.65. The fraction of sp³-hybridized carbons (Fsp3) is 0.500. The molecule has 2 aromatic rings. The molecular formula is C16H21NS. The van der Waals surface area contributed by atoms with Crippen LogP contribution in [0.4, 0.5) is 0 Å². The molecule has 3 rings (SSSR count). The SMILES string of the molecule is CC(NCC(C)C1CC1)c1cc2ccccc2s1. The van der Waals surface area contributed by atoms with Crippen LogP contribution in [0.2, 0.25) is 0 Å². The summed E-state index contributed by atoms with van der Waals surface area (Å²) in [6.07, 6.45) is 2.89. The second kappa shape index (κ2) is 5.02. The summed E-state index contributed by atoms with van der Waals surface area (Å²) in [5.74, 6) is 1.83. The van der Waals surface area contributed by atoms with Crippen LogP contribution in [0.15, 0.2) is 30.3 Å². The van der Waals surface area contributed by atoms with Crippen LogP contribution in [-0.2, 0) is 0 Å². The first-order valence-electron chi connectivity index (χ1n) is 6.96. The van der Waals surface area contributed by atoms with Gasteiger partial charge >= 0.3 is 0 Å². The maximum Gasteiger partial charge on any atom is 0.0386 e. The average molecular weight is 259 g/mol. The molecule has 18 heavy (non-hydrogen) atoms. The molecular weight excluding hydrogens is 238 g/mol. The van der Waals surface area contributed by atoms with Crippen molar-refractivity contribution in [2.45, 2.75) is 32.7 Å². The Labute approximate surface area is 113 Å². The third-order valence-corrected chi connectivity index (χ3v) is 5.34. The molecule has 1 saturated carbocycles. The first kappa shape index (κ1) is 12.2. The van der Waals surface area contributed by atoms with Crippen molar-refractivity contribution < 1.29 is 0 Å². The monoisotopic (exact) mass is 259 g/mol. The van der Waals surface area contributed by atoms with Gasteiger partial charge in [-0.25, -0.2) is 0 Å². The lowest BCUT2D eigenvalue weighted by Gasteiger charge is -2.16. The summed E-state index contributed by atoms with van der Waals surface area (Å²) in [6.45, 7) is 5.81. The summed E-state index contributed by atoms with van der Waals surface area (Å²) in [4.78, 5) is 1.46. The molecule has 1 fully saturated rings. The molecule has 0 saturated heterocycles. The Hall–Kier alpha value is -0.860. The molecule has 2 heteroatoms. The molecule has 2 atom stereocenters. The summed E-state index contributed by atoms with van der Waals surface area (Å²) in [5, 5.41) is 5.07. The van der Waals surface area contributed by atoms with Gasteiger partial charge in [-0.3, -0.25) is 0 Å². The van der Waals surface area contributed by atoms with Crippen LogP contribution in [-0.4, -0.2) is 6.54 Å². The molecule has 1 aromatic heterocycles. The zero-order valence-corrected chi connectivity index (χ0v) is 12.0. The van der Waals surface area contributed by atoms with Crippen molar-refractivity contribution in [3.8, 4) is 0 Å². The summed E-state index contributed by atoms with van der Waals surface area (Å²) in [7, 11) is 0. The van der Waals surface area contributed by atoms with E-state index in [9.17, 15) is 0 Å². The molecule has 96 valence electrons. The standard InChI is InChI=1S/C16H21NS/c1-11(13-7-8-13)10-17-12(2)16-9-14-5-3-4-6-15(14)18-16/h3-6,9,11-13,17H,7-8,10H2,1-2H3. The Kier molecular flexibility index (Phi) is 3.40. The molecule has 2 unspecified atom stereocenters. The zero-order chi connectivity index (χ0) is 12.5. The minimum atomic E-state index is 0.476. The molecule has 0 aliphatic heterocycles. The van der Waals surface area contributed by atoms with Gasteiger partial charge in [-0.2, -0.15) is 0 Å². The summed E-state index contributed by atoms with van der Waals surface area (Å²) in [5.41, 5.74) is 0. The number of rotatable bonds is 5. The van der Waals surface area contributed by atoms with E-state index in [-0.39, 0.29) is 0 Å². The van der Waals surface area contributed by atoms with E-state index >= 15 is 0 Å². The minimum absolute atomic E-state index is 0.476. The van der Waals surface area contributed by atoms with Crippen molar-refractivity contribution in [2.24, 2.45) is 11.8 Å². The van der Waals surface area contributed by atoms with E-state index in [1.807, 2.05) is 11.3 Å². The van der Waals surface area contributed by atoms with E-state index in [2.05, 4.69) is 49.5 Å². The van der Waals surface area contributed by atoms with Crippen LogP contribution in [0.3, 0.4) is 0 Å². The van der Waals surface area contributed by atoms with Crippen molar-refractivity contribution in [3.05, 3.63) is 35.2 Å². The maximum atomic E-state index is 3.69. The predicted octanol–water partition coefficient (Wildman–Crippen LogP) is 4.60. The molecule has 1 N–H and O–H groups in total. The van der Waals surface area contributed by atoms with Gasteiger partial charge in [0.2, 0.25) is 0 Å². The quantitative estimate of drug-likeness (QED) is 0.827. The lowest BCUT2D eigenvalue weighted by atomic mass is 10.1. The van der Waals surface area contributed by atoms with E-state index in [0.29, 0.717) is 6.04 Å². The van der Waals surface area contributed by atoms with Crippen molar-refractivity contribution in [1.29, 1.82) is 0 Å². The summed E-state index contributed by atoms with van der Waals surface area (Å²) >= 11 is 1.92. The van der Waals surface area contributed by atoms with Gasteiger partial charge in [-0.1, -0.05) is 25.1 Å². The lowest BCUT2D eigenvalue weighted by molar-refractivity contribution is 0.434. The van der Waals surface area contributed by atoms with E-state index < -0.39 is 0 Å². The number of fused-ring (bicyclic) bond motifs is 1. The molecule has 1 aliphatic rings. The summed E-state index contributed by atoms with van der Waals surface area (Å²) in [6, 6.07) is 11.5. The third-order valence-electron chi connectivity index (χ3n) is 4.04. The normalized spacial score (nSPS) is 19.0. The van der Waals surface area contributed by atoms with Gasteiger partial charge in [-0.05, 0) is 55.7 Å². The van der Waals surface area contributed by atoms with Gasteiger partial charge in [-0.15, -0.1) is 11.3 Å². The highest BCUT2D eigenvalue weighted by Gasteiger charge is 2.27. The molecule has 0 radical (unpaired) electrons. The predicted molar refractivity (Wildman–Crippen MR) is 80.1 cm³/mol. The average Bonchev–Trinajstić information content (AvgIpc) is 3.14. The van der Waals surface area contributed by atoms with E-state index in [0.717, 1.165) is 18.4 Å². The number of thiophene rings is 1. The van der Waals surface area contributed by atoms with Gasteiger partial charge < -0.3 is 5.32 Å². The highest BCUT2D eigenvalue weighted by molar-refractivity contribution is 7.19. The second-order valence-corrected chi connectivity index (χ2v) is 6.75. The van der Waals surface area contributed by atoms with Gasteiger partial charge in [0.05, 0.1) is 0 Å². The largest absolute Gasteiger partial charge is 0.309 e. The van der Waals surface area contributed by atoms with Gasteiger partial charge in [0.1, 0.15) is 0 Å². The van der Waals surface area contributed by atoms with Crippen molar-refractivity contribution in [2.75, 3.05) is 6.54 Å². The van der Waals surface area contributed by atoms with E-state index in [4.69, 9.17) is 0 Å². The number of benzene rings is 1. The Morgan fingerprint density at radius 1 is 1.28 bits per heavy atom. The third kappa shape index (κ3) is 2.60. The van der Waals surface area contributed by atoms with Gasteiger partial charge in [0, 0.05) is 15.6 Å². The molecule has 0 spiro atoms. The lowest BCUT2D eigenvalue weighted by Crippen LogP contribution is -2.24. The van der Waals surface area contributed by atoms with E-state index in [1.54, 1.807) is 0 Å². The van der Waals surface area contributed by atoms with Crippen molar-refractivity contribution in [3.63, 3.8) is 0 Å². The first-order chi connectivity index (χ1) is 8.74. The molecule has 1 aromatic carbocycles. The minimum Gasteiger partial charge on any atom is -0.309 e. The fourth-order valence-corrected chi connectivity index (χ4v) is 3.60. The number of hydrogen-bond acceptors (Lipinski definition) is 2. The Morgan fingerprint density at radius 3 is 2.78 bits per heavy atom. The fourth-order valence-electron chi connectivity index (χ4n) is 2.51. The Bertz CT molecular complexity index is 494. The molecule has 1 aliphatic carbocycles. The van der Waals surface area contributed by atoms with Crippen LogP contribution in [0.5, 0.6) is 0 Å². The molecule has 1 nitrogen and oxygen atoms in total. The Morgan fingerprint density at radius 2 is 2.06 bits per heavy atom. The van der Waals surface area contributed by atoms with Gasteiger partial charge in [0.15, 0.2) is 0 Å². The topological polar surface area (TPSA) is 12.0 Å². The summed E-state index contributed by atoms with van der Waals surface area (Å²) < 4.78 is 1.40. The van der Waals surface area contributed by atoms with Crippen LogP contribution in [0.25, 0.3) is 10.1 Å². The highest BCUT2D eigenvalue weighted by atomic mass is 32.1. The first-order valence-corrected chi connectivity index (χ1v) is 7.77. The van der Waals surface area contributed by atoms with E-state index in [1.165, 1.54) is 27.8 Å². The molecule has 1 heterocycles. The highest BCUT2D eigenvalue weighted by Crippen LogP contribution is 2.36. The second-order valence-electron chi connectivity index (χ2n) is 5.63. The van der Waals surface area contributed by atoms with Crippen LogP contribution in [0, 0.1) is 11.8 Å². The van der Waals surface area contributed by atoms with Crippen LogP contribution >= 0.6 is 11.3 Å². The maximum absolute atomic E-state index is 3.69. The zero-order valence-electron chi connectivity index (χ0n) is 11.1. The van der Waals surface area contributed by atoms with Crippen LogP contribution in [0.1, 0.15) is 37.6 Å². The smallest absolute Gasteiger partial charge is 0.0386 e. The van der Waals surface area contributed by atoms with Crippen molar-refractivity contribution in [1.82, 2.24) is 5.32 Å².